The third kappa shape index (κ3) is 1.83. The van der Waals surface area contributed by atoms with Crippen LogP contribution in [0.4, 0.5) is 0 Å². The number of hydrogen-bond acceptors (Lipinski definition) is 4. The van der Waals surface area contributed by atoms with E-state index in [1.165, 1.54) is 4.88 Å². The Hall–Kier alpha value is -0.450. The lowest BCUT2D eigenvalue weighted by Gasteiger charge is -2.21. The van der Waals surface area contributed by atoms with Crippen LogP contribution in [0.2, 0.25) is 0 Å². The largest absolute Gasteiger partial charge is 0.304 e. The quantitative estimate of drug-likeness (QED) is 0.730. The Bertz CT molecular complexity index is 257. The summed E-state index contributed by atoms with van der Waals surface area (Å²) in [5.74, 6) is 5.06. The molecule has 1 heterocycles. The van der Waals surface area contributed by atoms with Gasteiger partial charge in [-0.25, -0.2) is 10.9 Å². The zero-order chi connectivity index (χ0) is 9.19. The standard InChI is InChI=1S/C8H14N2OS/c1-6-7(12-5-10-6)8(2,3)4-11-9/h5H,4,9H2,1-3H3. The molecule has 1 rings (SSSR count). The highest BCUT2D eigenvalue weighted by molar-refractivity contribution is 7.09. The van der Waals surface area contributed by atoms with E-state index in [9.17, 15) is 0 Å². The first-order valence-corrected chi connectivity index (χ1v) is 4.68. The summed E-state index contributed by atoms with van der Waals surface area (Å²) in [5, 5.41) is 0. The van der Waals surface area contributed by atoms with Gasteiger partial charge in [-0.3, -0.25) is 0 Å². The molecule has 0 amide bonds. The molecule has 0 spiro atoms. The van der Waals surface area contributed by atoms with Gasteiger partial charge in [0.05, 0.1) is 17.8 Å². The monoisotopic (exact) mass is 186 g/mol. The molecule has 0 radical (unpaired) electrons. The smallest absolute Gasteiger partial charge is 0.0797 e. The van der Waals surface area contributed by atoms with Crippen molar-refractivity contribution in [3.05, 3.63) is 16.1 Å². The molecule has 12 heavy (non-hydrogen) atoms. The summed E-state index contributed by atoms with van der Waals surface area (Å²) in [6, 6.07) is 0. The van der Waals surface area contributed by atoms with Gasteiger partial charge in [0.1, 0.15) is 0 Å². The fourth-order valence-corrected chi connectivity index (χ4v) is 2.14. The minimum absolute atomic E-state index is 0.0278. The second-order valence-electron chi connectivity index (χ2n) is 3.46. The van der Waals surface area contributed by atoms with Crippen molar-refractivity contribution in [1.29, 1.82) is 0 Å². The molecule has 0 saturated carbocycles. The third-order valence-electron chi connectivity index (χ3n) is 1.80. The van der Waals surface area contributed by atoms with E-state index in [2.05, 4.69) is 23.7 Å². The van der Waals surface area contributed by atoms with Gasteiger partial charge in [0.2, 0.25) is 0 Å². The van der Waals surface area contributed by atoms with E-state index < -0.39 is 0 Å². The van der Waals surface area contributed by atoms with Crippen molar-refractivity contribution in [1.82, 2.24) is 4.98 Å². The van der Waals surface area contributed by atoms with Crippen molar-refractivity contribution in [2.45, 2.75) is 26.2 Å². The Morgan fingerprint density at radius 2 is 2.33 bits per heavy atom. The highest BCUT2D eigenvalue weighted by Crippen LogP contribution is 2.29. The van der Waals surface area contributed by atoms with E-state index in [1.54, 1.807) is 11.3 Å². The van der Waals surface area contributed by atoms with Crippen molar-refractivity contribution in [3.8, 4) is 0 Å². The summed E-state index contributed by atoms with van der Waals surface area (Å²) < 4.78 is 0. The molecule has 0 aromatic carbocycles. The Morgan fingerprint density at radius 1 is 1.67 bits per heavy atom. The molecule has 3 nitrogen and oxygen atoms in total. The third-order valence-corrected chi connectivity index (χ3v) is 3.10. The van der Waals surface area contributed by atoms with Gasteiger partial charge in [-0.1, -0.05) is 13.8 Å². The predicted octanol–water partition coefficient (Wildman–Crippen LogP) is 1.62. The molecule has 0 saturated heterocycles. The number of thiazole rings is 1. The van der Waals surface area contributed by atoms with Crippen LogP contribution in [-0.4, -0.2) is 11.6 Å². The summed E-state index contributed by atoms with van der Waals surface area (Å²) in [7, 11) is 0. The Balaban J connectivity index is 2.88. The lowest BCUT2D eigenvalue weighted by molar-refractivity contribution is 0.0973. The molecule has 0 unspecified atom stereocenters. The van der Waals surface area contributed by atoms with Gasteiger partial charge in [0.15, 0.2) is 0 Å². The summed E-state index contributed by atoms with van der Waals surface area (Å²) in [4.78, 5) is 10.1. The molecular formula is C8H14N2OS. The molecule has 4 heteroatoms. The maximum Gasteiger partial charge on any atom is 0.0797 e. The summed E-state index contributed by atoms with van der Waals surface area (Å²) in [6.07, 6.45) is 0. The average molecular weight is 186 g/mol. The van der Waals surface area contributed by atoms with Crippen LogP contribution in [-0.2, 0) is 10.3 Å². The fraction of sp³-hybridized carbons (Fsp3) is 0.625. The highest BCUT2D eigenvalue weighted by atomic mass is 32.1. The molecule has 0 aliphatic rings. The van der Waals surface area contributed by atoms with E-state index in [1.807, 2.05) is 12.4 Å². The van der Waals surface area contributed by atoms with Gasteiger partial charge in [-0.2, -0.15) is 0 Å². The molecule has 0 aliphatic heterocycles. The fourth-order valence-electron chi connectivity index (χ4n) is 1.23. The van der Waals surface area contributed by atoms with Crippen LogP contribution in [0.25, 0.3) is 0 Å². The van der Waals surface area contributed by atoms with Crippen LogP contribution in [0.5, 0.6) is 0 Å². The lowest BCUT2D eigenvalue weighted by atomic mass is 9.92. The van der Waals surface area contributed by atoms with Crippen molar-refractivity contribution in [3.63, 3.8) is 0 Å². The first-order chi connectivity index (χ1) is 5.58. The molecule has 1 aromatic heterocycles. The van der Waals surface area contributed by atoms with Crippen molar-refractivity contribution < 1.29 is 4.84 Å². The summed E-state index contributed by atoms with van der Waals surface area (Å²) in [6.45, 7) is 6.72. The van der Waals surface area contributed by atoms with Crippen LogP contribution in [0.15, 0.2) is 5.51 Å². The molecular weight excluding hydrogens is 172 g/mol. The van der Waals surface area contributed by atoms with E-state index in [0.717, 1.165) is 5.69 Å². The van der Waals surface area contributed by atoms with Crippen molar-refractivity contribution in [2.75, 3.05) is 6.61 Å². The number of nitrogens with two attached hydrogens (primary N) is 1. The first kappa shape index (κ1) is 9.64. The molecule has 68 valence electrons. The van der Waals surface area contributed by atoms with Crippen molar-refractivity contribution in [2.24, 2.45) is 5.90 Å². The average Bonchev–Trinajstić information content (AvgIpc) is 2.35. The molecule has 2 N–H and O–H groups in total. The highest BCUT2D eigenvalue weighted by Gasteiger charge is 2.24. The Labute approximate surface area is 76.5 Å². The van der Waals surface area contributed by atoms with Gasteiger partial charge >= 0.3 is 0 Å². The number of nitrogens with zero attached hydrogens (tertiary/aromatic N) is 1. The molecule has 0 bridgehead atoms. The summed E-state index contributed by atoms with van der Waals surface area (Å²) >= 11 is 1.65. The van der Waals surface area contributed by atoms with Crippen LogP contribution in [0.3, 0.4) is 0 Å². The van der Waals surface area contributed by atoms with E-state index in [4.69, 9.17) is 5.90 Å². The topological polar surface area (TPSA) is 48.1 Å². The second kappa shape index (κ2) is 3.51. The first-order valence-electron chi connectivity index (χ1n) is 3.80. The van der Waals surface area contributed by atoms with Crippen molar-refractivity contribution >= 4 is 11.3 Å². The van der Waals surface area contributed by atoms with Crippen LogP contribution in [0.1, 0.15) is 24.4 Å². The number of aryl methyl sites for hydroxylation is 1. The Kier molecular flexibility index (Phi) is 2.82. The SMILES string of the molecule is Cc1ncsc1C(C)(C)CON. The zero-order valence-corrected chi connectivity index (χ0v) is 8.44. The van der Waals surface area contributed by atoms with Crippen LogP contribution in [0, 0.1) is 6.92 Å². The van der Waals surface area contributed by atoms with Crippen LogP contribution < -0.4 is 5.90 Å². The summed E-state index contributed by atoms with van der Waals surface area (Å²) in [5.41, 5.74) is 2.89. The molecule has 0 fully saturated rings. The minimum atomic E-state index is -0.0278. The maximum absolute atomic E-state index is 5.06. The van der Waals surface area contributed by atoms with Gasteiger partial charge in [-0.05, 0) is 6.92 Å². The zero-order valence-electron chi connectivity index (χ0n) is 7.63. The molecule has 0 aliphatic carbocycles. The molecule has 1 aromatic rings. The van der Waals surface area contributed by atoms with E-state index in [-0.39, 0.29) is 5.41 Å². The van der Waals surface area contributed by atoms with Gasteiger partial charge < -0.3 is 4.84 Å². The normalized spacial score (nSPS) is 12.0. The Morgan fingerprint density at radius 3 is 2.75 bits per heavy atom. The number of rotatable bonds is 3. The minimum Gasteiger partial charge on any atom is -0.304 e. The lowest BCUT2D eigenvalue weighted by Crippen LogP contribution is -2.25. The van der Waals surface area contributed by atoms with Crippen LogP contribution >= 0.6 is 11.3 Å². The van der Waals surface area contributed by atoms with Gasteiger partial charge in [0.25, 0.3) is 0 Å². The van der Waals surface area contributed by atoms with Gasteiger partial charge in [0, 0.05) is 10.3 Å². The van der Waals surface area contributed by atoms with Gasteiger partial charge in [-0.15, -0.1) is 11.3 Å². The number of aromatic nitrogens is 1. The number of hydrogen-bond donors (Lipinski definition) is 1. The van der Waals surface area contributed by atoms with E-state index in [0.29, 0.717) is 6.61 Å². The molecule has 0 atom stereocenters. The predicted molar refractivity (Wildman–Crippen MR) is 50.0 cm³/mol. The second-order valence-corrected chi connectivity index (χ2v) is 4.32. The maximum atomic E-state index is 5.06. The van der Waals surface area contributed by atoms with E-state index >= 15 is 0 Å².